The molecule has 1 saturated heterocycles. The molecule has 1 heterocycles. The van der Waals surface area contributed by atoms with E-state index in [0.29, 0.717) is 22.1 Å². The number of amides is 1. The second-order valence-electron chi connectivity index (χ2n) is 7.19. The van der Waals surface area contributed by atoms with Crippen LogP contribution in [0.4, 0.5) is 5.69 Å². The molecule has 1 aliphatic rings. The lowest BCUT2D eigenvalue weighted by atomic mass is 9.98. The molecule has 6 heteroatoms. The van der Waals surface area contributed by atoms with E-state index in [1.165, 1.54) is 23.4 Å². The maximum Gasteiger partial charge on any atom is 0.283 e. The molecule has 142 valence electrons. The van der Waals surface area contributed by atoms with Crippen molar-refractivity contribution in [3.8, 4) is 0 Å². The Labute approximate surface area is 163 Å². The van der Waals surface area contributed by atoms with Crippen LogP contribution in [0.15, 0.2) is 47.4 Å². The quantitative estimate of drug-likeness (QED) is 0.410. The van der Waals surface area contributed by atoms with Gasteiger partial charge in [-0.05, 0) is 43.4 Å². The molecule has 1 fully saturated rings. The third kappa shape index (κ3) is 4.89. The van der Waals surface area contributed by atoms with Crippen molar-refractivity contribution in [2.75, 3.05) is 13.1 Å². The molecule has 0 saturated carbocycles. The van der Waals surface area contributed by atoms with Gasteiger partial charge in [-0.15, -0.1) is 11.8 Å². The number of thioether (sulfide) groups is 1. The van der Waals surface area contributed by atoms with E-state index < -0.39 is 4.92 Å². The lowest BCUT2D eigenvalue weighted by molar-refractivity contribution is -0.387. The van der Waals surface area contributed by atoms with Gasteiger partial charge in [0.2, 0.25) is 0 Å². The minimum absolute atomic E-state index is 0.00309. The number of benzene rings is 2. The van der Waals surface area contributed by atoms with Gasteiger partial charge < -0.3 is 4.90 Å². The van der Waals surface area contributed by atoms with E-state index in [1.807, 2.05) is 31.2 Å². The van der Waals surface area contributed by atoms with Crippen LogP contribution in [0.3, 0.4) is 0 Å². The van der Waals surface area contributed by atoms with Gasteiger partial charge in [0.15, 0.2) is 0 Å². The van der Waals surface area contributed by atoms with Gasteiger partial charge in [0, 0.05) is 30.5 Å². The Bertz CT molecular complexity index is 828. The monoisotopic (exact) mass is 384 g/mol. The number of nitro benzene ring substituents is 1. The van der Waals surface area contributed by atoms with Crippen molar-refractivity contribution in [2.24, 2.45) is 5.92 Å². The Morgan fingerprint density at radius 3 is 2.48 bits per heavy atom. The molecule has 0 aliphatic carbocycles. The summed E-state index contributed by atoms with van der Waals surface area (Å²) in [6.45, 7) is 5.66. The highest BCUT2D eigenvalue weighted by Crippen LogP contribution is 2.33. The maximum absolute atomic E-state index is 12.7. The summed E-state index contributed by atoms with van der Waals surface area (Å²) >= 11 is 1.42. The summed E-state index contributed by atoms with van der Waals surface area (Å²) < 4.78 is 0. The van der Waals surface area contributed by atoms with Crippen molar-refractivity contribution < 1.29 is 9.72 Å². The van der Waals surface area contributed by atoms with Gasteiger partial charge in [-0.2, -0.15) is 0 Å². The van der Waals surface area contributed by atoms with E-state index in [1.54, 1.807) is 17.0 Å². The van der Waals surface area contributed by atoms with Crippen LogP contribution in [-0.4, -0.2) is 28.8 Å². The van der Waals surface area contributed by atoms with Gasteiger partial charge in [-0.1, -0.05) is 36.8 Å². The molecule has 5 nitrogen and oxygen atoms in total. The Balaban J connectivity index is 1.75. The van der Waals surface area contributed by atoms with Crippen LogP contribution >= 0.6 is 11.8 Å². The molecule has 1 aliphatic heterocycles. The van der Waals surface area contributed by atoms with E-state index >= 15 is 0 Å². The summed E-state index contributed by atoms with van der Waals surface area (Å²) in [6.07, 6.45) is 1.97. The maximum atomic E-state index is 12.7. The van der Waals surface area contributed by atoms with Gasteiger partial charge in [0.25, 0.3) is 11.6 Å². The number of nitrogens with zero attached hydrogens (tertiary/aromatic N) is 2. The topological polar surface area (TPSA) is 63.5 Å². The zero-order valence-electron chi connectivity index (χ0n) is 15.7. The smallest absolute Gasteiger partial charge is 0.283 e. The number of hydrogen-bond acceptors (Lipinski definition) is 4. The van der Waals surface area contributed by atoms with E-state index in [0.717, 1.165) is 31.5 Å². The average molecular weight is 385 g/mol. The summed E-state index contributed by atoms with van der Waals surface area (Å²) in [6, 6.07) is 13.0. The Morgan fingerprint density at radius 2 is 1.85 bits per heavy atom. The van der Waals surface area contributed by atoms with E-state index in [2.05, 4.69) is 6.92 Å². The Kier molecular flexibility index (Phi) is 6.16. The molecule has 27 heavy (non-hydrogen) atoms. The highest BCUT2D eigenvalue weighted by atomic mass is 32.2. The Morgan fingerprint density at radius 1 is 1.19 bits per heavy atom. The van der Waals surface area contributed by atoms with Crippen LogP contribution in [0.25, 0.3) is 0 Å². The van der Waals surface area contributed by atoms with Crippen molar-refractivity contribution in [1.29, 1.82) is 0 Å². The molecule has 0 radical (unpaired) electrons. The molecule has 0 spiro atoms. The van der Waals surface area contributed by atoms with E-state index in [-0.39, 0.29) is 11.6 Å². The van der Waals surface area contributed by atoms with Crippen LogP contribution in [0.1, 0.15) is 41.3 Å². The number of carbonyl (C=O) groups is 1. The number of aryl methyl sites for hydroxylation is 1. The van der Waals surface area contributed by atoms with Crippen molar-refractivity contribution in [2.45, 2.75) is 37.3 Å². The van der Waals surface area contributed by atoms with Crippen LogP contribution in [0.2, 0.25) is 0 Å². The fourth-order valence-corrected chi connectivity index (χ4v) is 4.12. The first-order valence-electron chi connectivity index (χ1n) is 9.20. The summed E-state index contributed by atoms with van der Waals surface area (Å²) in [5.74, 6) is 1.17. The van der Waals surface area contributed by atoms with Crippen molar-refractivity contribution in [1.82, 2.24) is 4.90 Å². The molecule has 2 aromatic rings. The first-order chi connectivity index (χ1) is 12.9. The molecular formula is C21H24N2O3S. The first kappa shape index (κ1) is 19.4. The second-order valence-corrected chi connectivity index (χ2v) is 8.21. The molecule has 2 aromatic carbocycles. The standard InChI is InChI=1S/C21H24N2O3S/c1-15-3-5-17(6-4-15)14-27-20-8-7-18(13-19(20)23(25)26)21(24)22-11-9-16(2)10-12-22/h3-8,13,16H,9-12,14H2,1-2H3. The van der Waals surface area contributed by atoms with Gasteiger partial charge in [0.05, 0.1) is 9.82 Å². The number of piperidine rings is 1. The van der Waals surface area contributed by atoms with Crippen molar-refractivity contribution in [3.63, 3.8) is 0 Å². The third-order valence-electron chi connectivity index (χ3n) is 4.99. The normalized spacial score (nSPS) is 15.0. The summed E-state index contributed by atoms with van der Waals surface area (Å²) in [4.78, 5) is 26.2. The summed E-state index contributed by atoms with van der Waals surface area (Å²) in [5.41, 5.74) is 2.70. The first-order valence-corrected chi connectivity index (χ1v) is 10.2. The number of nitro groups is 1. The molecule has 0 N–H and O–H groups in total. The fourth-order valence-electron chi connectivity index (χ4n) is 3.15. The van der Waals surface area contributed by atoms with Crippen LogP contribution in [0, 0.1) is 23.0 Å². The second kappa shape index (κ2) is 8.57. The van der Waals surface area contributed by atoms with Gasteiger partial charge in [0.1, 0.15) is 0 Å². The zero-order valence-corrected chi connectivity index (χ0v) is 16.5. The third-order valence-corrected chi connectivity index (χ3v) is 6.12. The average Bonchev–Trinajstić information content (AvgIpc) is 2.67. The van der Waals surface area contributed by atoms with Gasteiger partial charge in [-0.25, -0.2) is 0 Å². The van der Waals surface area contributed by atoms with E-state index in [4.69, 9.17) is 0 Å². The summed E-state index contributed by atoms with van der Waals surface area (Å²) in [5, 5.41) is 11.5. The molecule has 0 atom stereocenters. The predicted octanol–water partition coefficient (Wildman–Crippen LogP) is 5.07. The predicted molar refractivity (Wildman–Crippen MR) is 108 cm³/mol. The van der Waals surface area contributed by atoms with Crippen LogP contribution < -0.4 is 0 Å². The van der Waals surface area contributed by atoms with Crippen molar-refractivity contribution >= 4 is 23.4 Å². The number of hydrogen-bond donors (Lipinski definition) is 0. The minimum Gasteiger partial charge on any atom is -0.339 e. The van der Waals surface area contributed by atoms with E-state index in [9.17, 15) is 14.9 Å². The minimum atomic E-state index is -0.396. The lowest BCUT2D eigenvalue weighted by Crippen LogP contribution is -2.37. The van der Waals surface area contributed by atoms with Crippen LogP contribution in [-0.2, 0) is 5.75 Å². The van der Waals surface area contributed by atoms with Crippen molar-refractivity contribution in [3.05, 3.63) is 69.3 Å². The molecule has 1 amide bonds. The lowest BCUT2D eigenvalue weighted by Gasteiger charge is -2.30. The number of likely N-dealkylation sites (tertiary alicyclic amines) is 1. The number of rotatable bonds is 5. The molecule has 3 rings (SSSR count). The van der Waals surface area contributed by atoms with Crippen LogP contribution in [0.5, 0.6) is 0 Å². The van der Waals surface area contributed by atoms with Gasteiger partial charge in [-0.3, -0.25) is 14.9 Å². The highest BCUT2D eigenvalue weighted by molar-refractivity contribution is 7.98. The summed E-state index contributed by atoms with van der Waals surface area (Å²) in [7, 11) is 0. The zero-order chi connectivity index (χ0) is 19.4. The SMILES string of the molecule is Cc1ccc(CSc2ccc(C(=O)N3CCC(C)CC3)cc2[N+](=O)[O-])cc1. The molecule has 0 aromatic heterocycles. The largest absolute Gasteiger partial charge is 0.339 e. The number of carbonyl (C=O) groups excluding carboxylic acids is 1. The van der Waals surface area contributed by atoms with Gasteiger partial charge >= 0.3 is 0 Å². The molecule has 0 bridgehead atoms. The molecule has 0 unspecified atom stereocenters. The Hall–Kier alpha value is -2.34. The highest BCUT2D eigenvalue weighted by Gasteiger charge is 2.24. The molecular weight excluding hydrogens is 360 g/mol. The fraction of sp³-hybridized carbons (Fsp3) is 0.381.